The van der Waals surface area contributed by atoms with Crippen LogP contribution in [0.15, 0.2) is 29.8 Å². The van der Waals surface area contributed by atoms with E-state index in [1.54, 1.807) is 12.1 Å². The summed E-state index contributed by atoms with van der Waals surface area (Å²) < 4.78 is 19.1. The van der Waals surface area contributed by atoms with Gasteiger partial charge in [0.2, 0.25) is 0 Å². The predicted molar refractivity (Wildman–Crippen MR) is 71.2 cm³/mol. The minimum Gasteiger partial charge on any atom is -0.486 e. The molecular weight excluding hydrogens is 229 g/mol. The van der Waals surface area contributed by atoms with E-state index in [4.69, 9.17) is 4.74 Å². The molecule has 0 amide bonds. The summed E-state index contributed by atoms with van der Waals surface area (Å²) in [6.45, 7) is 5.13. The minimum atomic E-state index is -0.285. The SMILES string of the molecule is CC(C)=CCOc1ccc(CNC2CC2)cc1F. The van der Waals surface area contributed by atoms with Gasteiger partial charge in [-0.1, -0.05) is 11.6 Å². The van der Waals surface area contributed by atoms with Crippen LogP contribution in [0.4, 0.5) is 4.39 Å². The number of nitrogens with one attached hydrogen (secondary N) is 1. The zero-order chi connectivity index (χ0) is 13.0. The lowest BCUT2D eigenvalue weighted by Crippen LogP contribution is -2.15. The first-order valence-electron chi connectivity index (χ1n) is 6.43. The van der Waals surface area contributed by atoms with Gasteiger partial charge in [-0.3, -0.25) is 0 Å². The van der Waals surface area contributed by atoms with Crippen molar-refractivity contribution in [1.29, 1.82) is 0 Å². The van der Waals surface area contributed by atoms with Gasteiger partial charge in [0.25, 0.3) is 0 Å². The zero-order valence-electron chi connectivity index (χ0n) is 11.0. The average molecular weight is 249 g/mol. The molecule has 0 heterocycles. The summed E-state index contributed by atoms with van der Waals surface area (Å²) in [5, 5.41) is 3.36. The standard InChI is InChI=1S/C15H20FNO/c1-11(2)7-8-18-15-6-3-12(9-14(15)16)10-17-13-4-5-13/h3,6-7,9,13,17H,4-5,8,10H2,1-2H3. The molecule has 0 aromatic heterocycles. The number of allylic oxidation sites excluding steroid dienone is 1. The Bertz CT molecular complexity index is 434. The van der Waals surface area contributed by atoms with Crippen LogP contribution in [-0.2, 0) is 6.54 Å². The maximum Gasteiger partial charge on any atom is 0.165 e. The third-order valence-corrected chi connectivity index (χ3v) is 2.90. The Hall–Kier alpha value is -1.35. The van der Waals surface area contributed by atoms with E-state index in [-0.39, 0.29) is 5.82 Å². The third-order valence-electron chi connectivity index (χ3n) is 2.90. The highest BCUT2D eigenvalue weighted by atomic mass is 19.1. The number of benzene rings is 1. The van der Waals surface area contributed by atoms with Crippen molar-refractivity contribution >= 4 is 0 Å². The molecule has 1 saturated carbocycles. The van der Waals surface area contributed by atoms with Crippen LogP contribution in [0.25, 0.3) is 0 Å². The van der Waals surface area contributed by atoms with E-state index in [0.717, 1.165) is 12.1 Å². The van der Waals surface area contributed by atoms with E-state index in [0.29, 0.717) is 18.4 Å². The summed E-state index contributed by atoms with van der Waals surface area (Å²) in [5.41, 5.74) is 2.13. The first-order chi connectivity index (χ1) is 8.65. The molecule has 1 aliphatic carbocycles. The molecule has 18 heavy (non-hydrogen) atoms. The second-order valence-electron chi connectivity index (χ2n) is 5.01. The summed E-state index contributed by atoms with van der Waals surface area (Å²) in [5.74, 6) is 0.0370. The summed E-state index contributed by atoms with van der Waals surface area (Å²) in [6.07, 6.45) is 4.42. The number of hydrogen-bond acceptors (Lipinski definition) is 2. The van der Waals surface area contributed by atoms with Gasteiger partial charge in [-0.15, -0.1) is 0 Å². The molecule has 0 radical (unpaired) electrons. The Morgan fingerprint density at radius 1 is 1.44 bits per heavy atom. The largest absolute Gasteiger partial charge is 0.486 e. The summed E-state index contributed by atoms with van der Waals surface area (Å²) in [6, 6.07) is 5.81. The summed E-state index contributed by atoms with van der Waals surface area (Å²) in [4.78, 5) is 0. The fraction of sp³-hybridized carbons (Fsp3) is 0.467. The smallest absolute Gasteiger partial charge is 0.165 e. The monoisotopic (exact) mass is 249 g/mol. The van der Waals surface area contributed by atoms with Gasteiger partial charge in [-0.05, 0) is 50.5 Å². The quantitative estimate of drug-likeness (QED) is 0.780. The Morgan fingerprint density at radius 3 is 2.83 bits per heavy atom. The topological polar surface area (TPSA) is 21.3 Å². The van der Waals surface area contributed by atoms with Crippen molar-refractivity contribution < 1.29 is 9.13 Å². The van der Waals surface area contributed by atoms with Crippen LogP contribution in [0, 0.1) is 5.82 Å². The molecule has 1 aromatic rings. The lowest BCUT2D eigenvalue weighted by atomic mass is 10.2. The van der Waals surface area contributed by atoms with Gasteiger partial charge in [0.05, 0.1) is 0 Å². The van der Waals surface area contributed by atoms with Crippen molar-refractivity contribution in [2.24, 2.45) is 0 Å². The van der Waals surface area contributed by atoms with Gasteiger partial charge in [-0.25, -0.2) is 4.39 Å². The van der Waals surface area contributed by atoms with Crippen molar-refractivity contribution in [1.82, 2.24) is 5.32 Å². The Morgan fingerprint density at radius 2 is 2.22 bits per heavy atom. The van der Waals surface area contributed by atoms with Crippen molar-refractivity contribution in [2.45, 2.75) is 39.3 Å². The molecular formula is C15H20FNO. The van der Waals surface area contributed by atoms with Crippen LogP contribution in [0.2, 0.25) is 0 Å². The van der Waals surface area contributed by atoms with E-state index in [1.807, 2.05) is 26.0 Å². The highest BCUT2D eigenvalue weighted by Crippen LogP contribution is 2.21. The Balaban J connectivity index is 1.89. The summed E-state index contributed by atoms with van der Waals surface area (Å²) in [7, 11) is 0. The Kier molecular flexibility index (Phi) is 4.37. The third kappa shape index (κ3) is 4.15. The molecule has 1 N–H and O–H groups in total. The van der Waals surface area contributed by atoms with Gasteiger partial charge >= 0.3 is 0 Å². The molecule has 0 unspecified atom stereocenters. The second kappa shape index (κ2) is 6.01. The molecule has 1 aromatic carbocycles. The molecule has 0 saturated heterocycles. The van der Waals surface area contributed by atoms with E-state index in [9.17, 15) is 4.39 Å². The molecule has 0 bridgehead atoms. The van der Waals surface area contributed by atoms with E-state index >= 15 is 0 Å². The van der Waals surface area contributed by atoms with Gasteiger partial charge in [0, 0.05) is 12.6 Å². The maximum atomic E-state index is 13.7. The Labute approximate surface area is 108 Å². The lowest BCUT2D eigenvalue weighted by Gasteiger charge is -2.08. The lowest BCUT2D eigenvalue weighted by molar-refractivity contribution is 0.340. The van der Waals surface area contributed by atoms with E-state index in [1.165, 1.54) is 18.4 Å². The van der Waals surface area contributed by atoms with Crippen molar-refractivity contribution in [3.05, 3.63) is 41.2 Å². The normalized spacial score (nSPS) is 14.4. The van der Waals surface area contributed by atoms with Crippen LogP contribution < -0.4 is 10.1 Å². The second-order valence-corrected chi connectivity index (χ2v) is 5.01. The molecule has 1 fully saturated rings. The van der Waals surface area contributed by atoms with Crippen molar-refractivity contribution in [2.75, 3.05) is 6.61 Å². The molecule has 0 atom stereocenters. The number of ether oxygens (including phenoxy) is 1. The molecule has 0 spiro atoms. The highest BCUT2D eigenvalue weighted by Gasteiger charge is 2.20. The fourth-order valence-electron chi connectivity index (χ4n) is 1.62. The molecule has 1 aliphatic rings. The van der Waals surface area contributed by atoms with Crippen LogP contribution in [0.3, 0.4) is 0 Å². The highest BCUT2D eigenvalue weighted by molar-refractivity contribution is 5.29. The molecule has 98 valence electrons. The average Bonchev–Trinajstić information content (AvgIpc) is 3.12. The van der Waals surface area contributed by atoms with Crippen LogP contribution in [0.5, 0.6) is 5.75 Å². The van der Waals surface area contributed by atoms with Gasteiger partial charge in [-0.2, -0.15) is 0 Å². The summed E-state index contributed by atoms with van der Waals surface area (Å²) >= 11 is 0. The first kappa shape index (κ1) is 13.1. The van der Waals surface area contributed by atoms with Crippen molar-refractivity contribution in [3.63, 3.8) is 0 Å². The fourth-order valence-corrected chi connectivity index (χ4v) is 1.62. The number of halogens is 1. The first-order valence-corrected chi connectivity index (χ1v) is 6.43. The molecule has 2 rings (SSSR count). The molecule has 3 heteroatoms. The maximum absolute atomic E-state index is 13.7. The van der Waals surface area contributed by atoms with E-state index in [2.05, 4.69) is 5.32 Å². The zero-order valence-corrected chi connectivity index (χ0v) is 11.0. The molecule has 0 aliphatic heterocycles. The number of hydrogen-bond donors (Lipinski definition) is 1. The van der Waals surface area contributed by atoms with Crippen molar-refractivity contribution in [3.8, 4) is 5.75 Å². The van der Waals surface area contributed by atoms with Crippen LogP contribution in [-0.4, -0.2) is 12.6 Å². The van der Waals surface area contributed by atoms with Crippen LogP contribution in [0.1, 0.15) is 32.3 Å². The van der Waals surface area contributed by atoms with Gasteiger partial charge < -0.3 is 10.1 Å². The van der Waals surface area contributed by atoms with Crippen LogP contribution >= 0.6 is 0 Å². The molecule has 2 nitrogen and oxygen atoms in total. The predicted octanol–water partition coefficient (Wildman–Crippen LogP) is 3.42. The van der Waals surface area contributed by atoms with Gasteiger partial charge in [0.15, 0.2) is 11.6 Å². The minimum absolute atomic E-state index is 0.285. The van der Waals surface area contributed by atoms with E-state index < -0.39 is 0 Å². The van der Waals surface area contributed by atoms with Gasteiger partial charge in [0.1, 0.15) is 6.61 Å². The number of rotatable bonds is 6.